The number of thioether (sulfide) groups is 2. The number of nitrogens with one attached hydrogen (secondary N) is 2. The van der Waals surface area contributed by atoms with E-state index in [1.54, 1.807) is 18.0 Å². The van der Waals surface area contributed by atoms with Crippen molar-refractivity contribution in [2.75, 3.05) is 12.9 Å². The SMILES string of the molecule is COC(=O)C1=C(NC(=O)CSc2ncnc3[nH]ncc23)S[C@@H]2CCC[C@@H]12. The van der Waals surface area contributed by atoms with Crippen LogP contribution in [0, 0.1) is 5.92 Å². The number of hydrogen-bond donors (Lipinski definition) is 2. The van der Waals surface area contributed by atoms with Gasteiger partial charge in [0.25, 0.3) is 0 Å². The number of aromatic amines is 1. The number of fused-ring (bicyclic) bond motifs is 2. The molecule has 0 aromatic carbocycles. The number of carbonyl (C=O) groups excluding carboxylic acids is 2. The highest BCUT2D eigenvalue weighted by atomic mass is 32.2. The van der Waals surface area contributed by atoms with Crippen LogP contribution in [0.3, 0.4) is 0 Å². The number of esters is 1. The van der Waals surface area contributed by atoms with Gasteiger partial charge in [-0.15, -0.1) is 11.8 Å². The molecule has 2 aliphatic rings. The van der Waals surface area contributed by atoms with E-state index in [-0.39, 0.29) is 23.5 Å². The van der Waals surface area contributed by atoms with Gasteiger partial charge in [-0.1, -0.05) is 18.2 Å². The van der Waals surface area contributed by atoms with Crippen LogP contribution in [0.15, 0.2) is 28.2 Å². The molecular formula is C16H17N5O3S2. The van der Waals surface area contributed by atoms with E-state index in [0.717, 1.165) is 24.6 Å². The molecule has 3 heterocycles. The van der Waals surface area contributed by atoms with Crippen molar-refractivity contribution in [2.24, 2.45) is 5.92 Å². The summed E-state index contributed by atoms with van der Waals surface area (Å²) in [4.78, 5) is 32.9. The molecule has 2 aromatic heterocycles. The zero-order chi connectivity index (χ0) is 18.1. The maximum absolute atomic E-state index is 12.4. The van der Waals surface area contributed by atoms with Crippen molar-refractivity contribution in [2.45, 2.75) is 29.5 Å². The first kappa shape index (κ1) is 17.3. The molecule has 136 valence electrons. The molecule has 0 spiro atoms. The molecule has 8 nitrogen and oxygen atoms in total. The summed E-state index contributed by atoms with van der Waals surface area (Å²) in [5.74, 6) is -0.145. The standard InChI is InChI=1S/C16H17N5O3S2/c1-24-16(23)12-8-3-2-4-10(8)26-15(12)20-11(22)6-25-14-9-5-19-21-13(9)17-7-18-14/h5,7-8,10H,2-4,6H2,1H3,(H,20,22)(H,17,18,19,21)/t8-,10-/m1/s1. The Kier molecular flexibility index (Phi) is 4.86. The second-order valence-corrected chi connectivity index (χ2v) is 8.29. The fourth-order valence-corrected chi connectivity index (χ4v) is 5.71. The van der Waals surface area contributed by atoms with Crippen molar-refractivity contribution in [3.05, 3.63) is 23.1 Å². The molecule has 1 aliphatic heterocycles. The topological polar surface area (TPSA) is 110 Å². The summed E-state index contributed by atoms with van der Waals surface area (Å²) in [6.45, 7) is 0. The summed E-state index contributed by atoms with van der Waals surface area (Å²) in [5.41, 5.74) is 1.26. The first-order valence-corrected chi connectivity index (χ1v) is 10.1. The fourth-order valence-electron chi connectivity index (χ4n) is 3.39. The number of nitrogens with zero attached hydrogens (tertiary/aromatic N) is 3. The van der Waals surface area contributed by atoms with Gasteiger partial charge >= 0.3 is 5.97 Å². The Hall–Kier alpha value is -2.07. The highest BCUT2D eigenvalue weighted by Gasteiger charge is 2.42. The summed E-state index contributed by atoms with van der Waals surface area (Å²) in [7, 11) is 1.38. The number of hydrogen-bond acceptors (Lipinski definition) is 8. The average Bonchev–Trinajstić information content (AvgIpc) is 3.34. The molecule has 2 aromatic rings. The van der Waals surface area contributed by atoms with Gasteiger partial charge < -0.3 is 10.1 Å². The number of rotatable bonds is 5. The Balaban J connectivity index is 1.45. The van der Waals surface area contributed by atoms with E-state index < -0.39 is 0 Å². The van der Waals surface area contributed by atoms with Gasteiger partial charge in [0.15, 0.2) is 5.65 Å². The average molecular weight is 391 g/mol. The van der Waals surface area contributed by atoms with Crippen LogP contribution >= 0.6 is 23.5 Å². The molecule has 2 atom stereocenters. The predicted octanol–water partition coefficient (Wildman–Crippen LogP) is 1.86. The molecule has 10 heteroatoms. The van der Waals surface area contributed by atoms with Gasteiger partial charge in [-0.3, -0.25) is 9.89 Å². The highest BCUT2D eigenvalue weighted by molar-refractivity contribution is 8.04. The van der Waals surface area contributed by atoms with E-state index in [9.17, 15) is 9.59 Å². The highest BCUT2D eigenvalue weighted by Crippen LogP contribution is 2.49. The van der Waals surface area contributed by atoms with Crippen LogP contribution in [-0.4, -0.2) is 50.2 Å². The van der Waals surface area contributed by atoms with Crippen LogP contribution in [0.4, 0.5) is 0 Å². The van der Waals surface area contributed by atoms with Gasteiger partial charge in [0.2, 0.25) is 5.91 Å². The van der Waals surface area contributed by atoms with E-state index in [4.69, 9.17) is 4.74 Å². The van der Waals surface area contributed by atoms with Crippen LogP contribution in [-0.2, 0) is 14.3 Å². The third-order valence-electron chi connectivity index (χ3n) is 4.55. The van der Waals surface area contributed by atoms with Crippen molar-refractivity contribution in [3.63, 3.8) is 0 Å². The Bertz CT molecular complexity index is 897. The monoisotopic (exact) mass is 391 g/mol. The summed E-state index contributed by atoms with van der Waals surface area (Å²) in [6, 6.07) is 0. The van der Waals surface area contributed by atoms with E-state index in [2.05, 4.69) is 25.5 Å². The van der Waals surface area contributed by atoms with E-state index in [1.165, 1.54) is 25.2 Å². The Morgan fingerprint density at radius 1 is 1.42 bits per heavy atom. The molecule has 0 radical (unpaired) electrons. The van der Waals surface area contributed by atoms with Crippen LogP contribution in [0.25, 0.3) is 11.0 Å². The zero-order valence-corrected chi connectivity index (χ0v) is 15.7. The third-order valence-corrected chi connectivity index (χ3v) is 6.98. The molecule has 1 saturated carbocycles. The minimum atomic E-state index is -0.342. The predicted molar refractivity (Wildman–Crippen MR) is 98.3 cm³/mol. The van der Waals surface area contributed by atoms with Gasteiger partial charge in [-0.05, 0) is 12.8 Å². The second kappa shape index (κ2) is 7.28. The number of aromatic nitrogens is 4. The number of H-pyrrole nitrogens is 1. The van der Waals surface area contributed by atoms with Crippen LogP contribution in [0.2, 0.25) is 0 Å². The number of methoxy groups -OCH3 is 1. The summed E-state index contributed by atoms with van der Waals surface area (Å²) < 4.78 is 4.93. The Labute approximate surface area is 157 Å². The lowest BCUT2D eigenvalue weighted by Crippen LogP contribution is -2.25. The maximum Gasteiger partial charge on any atom is 0.336 e. The summed E-state index contributed by atoms with van der Waals surface area (Å²) in [5, 5.41) is 12.1. The second-order valence-electron chi connectivity index (χ2n) is 6.08. The lowest BCUT2D eigenvalue weighted by Gasteiger charge is -2.11. The third kappa shape index (κ3) is 3.18. The molecule has 1 aliphatic carbocycles. The van der Waals surface area contributed by atoms with Crippen molar-refractivity contribution >= 4 is 46.4 Å². The van der Waals surface area contributed by atoms with Gasteiger partial charge in [-0.25, -0.2) is 14.8 Å². The van der Waals surface area contributed by atoms with Crippen molar-refractivity contribution in [1.82, 2.24) is 25.5 Å². The van der Waals surface area contributed by atoms with Crippen molar-refractivity contribution in [1.29, 1.82) is 0 Å². The van der Waals surface area contributed by atoms with Crippen LogP contribution < -0.4 is 5.32 Å². The number of amides is 1. The van der Waals surface area contributed by atoms with Gasteiger partial charge in [-0.2, -0.15) is 5.10 Å². The van der Waals surface area contributed by atoms with E-state index in [1.807, 2.05) is 0 Å². The van der Waals surface area contributed by atoms with Crippen molar-refractivity contribution in [3.8, 4) is 0 Å². The normalized spacial score (nSPS) is 21.9. The lowest BCUT2D eigenvalue weighted by molar-refractivity contribution is -0.136. The molecule has 1 fully saturated rings. The molecule has 26 heavy (non-hydrogen) atoms. The first-order valence-electron chi connectivity index (χ1n) is 8.23. The summed E-state index contributed by atoms with van der Waals surface area (Å²) >= 11 is 2.90. The lowest BCUT2D eigenvalue weighted by atomic mass is 9.98. The number of ether oxygens (including phenoxy) is 1. The molecule has 0 bridgehead atoms. The minimum absolute atomic E-state index is 0.172. The molecule has 1 amide bonds. The smallest absolute Gasteiger partial charge is 0.336 e. The van der Waals surface area contributed by atoms with E-state index >= 15 is 0 Å². The van der Waals surface area contributed by atoms with Crippen LogP contribution in [0.5, 0.6) is 0 Å². The van der Waals surface area contributed by atoms with Crippen molar-refractivity contribution < 1.29 is 14.3 Å². The summed E-state index contributed by atoms with van der Waals surface area (Å²) in [6.07, 6.45) is 6.21. The van der Waals surface area contributed by atoms with E-state index in [0.29, 0.717) is 26.5 Å². The molecule has 0 saturated heterocycles. The quantitative estimate of drug-likeness (QED) is 0.451. The zero-order valence-electron chi connectivity index (χ0n) is 14.0. The molecule has 0 unspecified atom stereocenters. The fraction of sp³-hybridized carbons (Fsp3) is 0.438. The number of carbonyl (C=O) groups is 2. The van der Waals surface area contributed by atoms with Crippen LogP contribution in [0.1, 0.15) is 19.3 Å². The molecular weight excluding hydrogens is 374 g/mol. The maximum atomic E-state index is 12.4. The molecule has 2 N–H and O–H groups in total. The Morgan fingerprint density at radius 3 is 3.15 bits per heavy atom. The van der Waals surface area contributed by atoms with Gasteiger partial charge in [0.05, 0.1) is 35.0 Å². The first-order chi connectivity index (χ1) is 12.7. The van der Waals surface area contributed by atoms with Gasteiger partial charge in [0.1, 0.15) is 11.4 Å². The Morgan fingerprint density at radius 2 is 2.31 bits per heavy atom. The molecule has 4 rings (SSSR count). The largest absolute Gasteiger partial charge is 0.466 e. The minimum Gasteiger partial charge on any atom is -0.466 e. The van der Waals surface area contributed by atoms with Gasteiger partial charge in [0, 0.05) is 11.2 Å².